The van der Waals surface area contributed by atoms with E-state index in [4.69, 9.17) is 14.2 Å². The molecular weight excluding hydrogens is 338 g/mol. The fourth-order valence-corrected chi connectivity index (χ4v) is 1.94. The van der Waals surface area contributed by atoms with E-state index >= 15 is 0 Å². The quantitative estimate of drug-likeness (QED) is 0.368. The van der Waals surface area contributed by atoms with Crippen LogP contribution in [-0.4, -0.2) is 44.2 Å². The van der Waals surface area contributed by atoms with E-state index in [0.717, 1.165) is 11.3 Å². The smallest absolute Gasteiger partial charge is 0.331 e. The lowest BCUT2D eigenvalue weighted by atomic mass is 10.2. The molecule has 0 spiro atoms. The standard InChI is InChI=1S/C19H25NO6/c1-3-24-16-10-7-15(8-11-16)9-12-19(23)26-14-17(21)20-13-5-6-18(22)25-4-2/h7-12H,3-6,13-14H2,1-2H3,(H,20,21)/b12-9+. The van der Waals surface area contributed by atoms with Crippen LogP contribution in [0.3, 0.4) is 0 Å². The van der Waals surface area contributed by atoms with Gasteiger partial charge in [-0.25, -0.2) is 4.79 Å². The van der Waals surface area contributed by atoms with Crippen LogP contribution < -0.4 is 10.1 Å². The van der Waals surface area contributed by atoms with Crippen molar-refractivity contribution < 1.29 is 28.6 Å². The third-order valence-corrected chi connectivity index (χ3v) is 3.13. The minimum atomic E-state index is -0.611. The highest BCUT2D eigenvalue weighted by molar-refractivity contribution is 5.89. The van der Waals surface area contributed by atoms with Crippen molar-refractivity contribution in [1.82, 2.24) is 5.32 Å². The third-order valence-electron chi connectivity index (χ3n) is 3.13. The van der Waals surface area contributed by atoms with Crippen LogP contribution in [0.25, 0.3) is 6.08 Å². The molecule has 0 aliphatic heterocycles. The van der Waals surface area contributed by atoms with Crippen LogP contribution >= 0.6 is 0 Å². The molecule has 1 aromatic rings. The van der Waals surface area contributed by atoms with Crippen molar-refractivity contribution in [2.24, 2.45) is 0 Å². The SMILES string of the molecule is CCOC(=O)CCCNC(=O)COC(=O)/C=C/c1ccc(OCC)cc1. The van der Waals surface area contributed by atoms with E-state index in [1.54, 1.807) is 25.1 Å². The summed E-state index contributed by atoms with van der Waals surface area (Å²) in [6.07, 6.45) is 3.55. The average molecular weight is 363 g/mol. The van der Waals surface area contributed by atoms with Crippen LogP contribution in [0.5, 0.6) is 5.75 Å². The zero-order valence-corrected chi connectivity index (χ0v) is 15.2. The van der Waals surface area contributed by atoms with Gasteiger partial charge in [0.2, 0.25) is 0 Å². The molecule has 0 radical (unpaired) electrons. The van der Waals surface area contributed by atoms with Crippen LogP contribution in [0.4, 0.5) is 0 Å². The summed E-state index contributed by atoms with van der Waals surface area (Å²) in [5, 5.41) is 2.57. The van der Waals surface area contributed by atoms with E-state index in [1.165, 1.54) is 6.08 Å². The first-order valence-corrected chi connectivity index (χ1v) is 8.55. The van der Waals surface area contributed by atoms with Gasteiger partial charge < -0.3 is 19.5 Å². The molecule has 0 unspecified atom stereocenters. The van der Waals surface area contributed by atoms with Gasteiger partial charge in [0.15, 0.2) is 6.61 Å². The van der Waals surface area contributed by atoms with Crippen LogP contribution in [0, 0.1) is 0 Å². The van der Waals surface area contributed by atoms with Gasteiger partial charge in [0, 0.05) is 19.0 Å². The predicted octanol–water partition coefficient (Wildman–Crippen LogP) is 2.10. The summed E-state index contributed by atoms with van der Waals surface area (Å²) in [4.78, 5) is 34.3. The first kappa shape index (κ1) is 21.2. The summed E-state index contributed by atoms with van der Waals surface area (Å²) >= 11 is 0. The molecule has 0 saturated carbocycles. The Morgan fingerprint density at radius 2 is 1.77 bits per heavy atom. The van der Waals surface area contributed by atoms with Crippen molar-refractivity contribution in [1.29, 1.82) is 0 Å². The summed E-state index contributed by atoms with van der Waals surface area (Å²) in [6.45, 7) is 4.51. The van der Waals surface area contributed by atoms with Crippen molar-refractivity contribution >= 4 is 23.9 Å². The maximum atomic E-state index is 11.6. The van der Waals surface area contributed by atoms with Gasteiger partial charge in [0.1, 0.15) is 5.75 Å². The molecule has 1 N–H and O–H groups in total. The Balaban J connectivity index is 2.22. The third kappa shape index (κ3) is 9.46. The maximum absolute atomic E-state index is 11.6. The van der Waals surface area contributed by atoms with Crippen molar-refractivity contribution in [3.05, 3.63) is 35.9 Å². The number of nitrogens with one attached hydrogen (secondary N) is 1. The highest BCUT2D eigenvalue weighted by Crippen LogP contribution is 2.13. The lowest BCUT2D eigenvalue weighted by Crippen LogP contribution is -2.29. The largest absolute Gasteiger partial charge is 0.494 e. The molecule has 0 aliphatic rings. The minimum Gasteiger partial charge on any atom is -0.494 e. The van der Waals surface area contributed by atoms with E-state index in [9.17, 15) is 14.4 Å². The first-order chi connectivity index (χ1) is 12.5. The number of hydrogen-bond donors (Lipinski definition) is 1. The summed E-state index contributed by atoms with van der Waals surface area (Å²) in [7, 11) is 0. The van der Waals surface area contributed by atoms with Crippen LogP contribution in [0.15, 0.2) is 30.3 Å². The Hall–Kier alpha value is -2.83. The number of esters is 2. The summed E-state index contributed by atoms with van der Waals surface area (Å²) in [5.41, 5.74) is 0.814. The normalized spacial score (nSPS) is 10.4. The van der Waals surface area contributed by atoms with Gasteiger partial charge in [-0.2, -0.15) is 0 Å². The second-order valence-electron chi connectivity index (χ2n) is 5.20. The van der Waals surface area contributed by atoms with Crippen molar-refractivity contribution in [3.8, 4) is 5.75 Å². The minimum absolute atomic E-state index is 0.235. The van der Waals surface area contributed by atoms with Gasteiger partial charge in [0.25, 0.3) is 5.91 Å². The average Bonchev–Trinajstić information content (AvgIpc) is 2.63. The van der Waals surface area contributed by atoms with Gasteiger partial charge in [-0.3, -0.25) is 9.59 Å². The molecule has 0 atom stereocenters. The van der Waals surface area contributed by atoms with Gasteiger partial charge >= 0.3 is 11.9 Å². The number of hydrogen-bond acceptors (Lipinski definition) is 6. The molecule has 0 fully saturated rings. The molecule has 0 saturated heterocycles. The maximum Gasteiger partial charge on any atom is 0.331 e. The summed E-state index contributed by atoms with van der Waals surface area (Å²) < 4.78 is 15.0. The van der Waals surface area contributed by atoms with Crippen molar-refractivity contribution in [3.63, 3.8) is 0 Å². The molecular formula is C19H25NO6. The van der Waals surface area contributed by atoms with Crippen LogP contribution in [0.1, 0.15) is 32.3 Å². The van der Waals surface area contributed by atoms with Gasteiger partial charge in [-0.1, -0.05) is 12.1 Å². The molecule has 1 aromatic carbocycles. The molecule has 7 heteroatoms. The number of carbonyl (C=O) groups is 3. The molecule has 7 nitrogen and oxygen atoms in total. The first-order valence-electron chi connectivity index (χ1n) is 8.55. The predicted molar refractivity (Wildman–Crippen MR) is 96.5 cm³/mol. The second kappa shape index (κ2) is 12.5. The summed E-state index contributed by atoms with van der Waals surface area (Å²) in [5.74, 6) is -0.573. The lowest BCUT2D eigenvalue weighted by Gasteiger charge is -2.05. The van der Waals surface area contributed by atoms with E-state index in [1.807, 2.05) is 19.1 Å². The lowest BCUT2D eigenvalue weighted by molar-refractivity contribution is -0.143. The van der Waals surface area contributed by atoms with E-state index in [-0.39, 0.29) is 19.0 Å². The Morgan fingerprint density at radius 3 is 2.42 bits per heavy atom. The van der Waals surface area contributed by atoms with E-state index in [0.29, 0.717) is 26.2 Å². The topological polar surface area (TPSA) is 90.9 Å². The highest BCUT2D eigenvalue weighted by Gasteiger charge is 2.06. The number of amides is 1. The highest BCUT2D eigenvalue weighted by atomic mass is 16.5. The zero-order valence-electron chi connectivity index (χ0n) is 15.2. The fraction of sp³-hybridized carbons (Fsp3) is 0.421. The monoisotopic (exact) mass is 363 g/mol. The number of rotatable bonds is 11. The molecule has 26 heavy (non-hydrogen) atoms. The molecule has 0 bridgehead atoms. The van der Waals surface area contributed by atoms with Gasteiger partial charge in [-0.15, -0.1) is 0 Å². The van der Waals surface area contributed by atoms with Gasteiger partial charge in [0.05, 0.1) is 13.2 Å². The zero-order chi connectivity index (χ0) is 19.2. The van der Waals surface area contributed by atoms with E-state index < -0.39 is 11.9 Å². The molecule has 0 aliphatic carbocycles. The Labute approximate surface area is 153 Å². The molecule has 1 amide bonds. The Bertz CT molecular complexity index is 609. The van der Waals surface area contributed by atoms with Crippen LogP contribution in [-0.2, 0) is 23.9 Å². The molecule has 142 valence electrons. The van der Waals surface area contributed by atoms with Crippen molar-refractivity contribution in [2.45, 2.75) is 26.7 Å². The molecule has 0 aromatic heterocycles. The fourth-order valence-electron chi connectivity index (χ4n) is 1.94. The van der Waals surface area contributed by atoms with E-state index in [2.05, 4.69) is 5.32 Å². The molecule has 0 heterocycles. The number of carbonyl (C=O) groups excluding carboxylic acids is 3. The Kier molecular flexibility index (Phi) is 10.2. The summed E-state index contributed by atoms with van der Waals surface area (Å²) in [6, 6.07) is 7.23. The second-order valence-corrected chi connectivity index (χ2v) is 5.20. The van der Waals surface area contributed by atoms with Gasteiger partial charge in [-0.05, 0) is 44.0 Å². The Morgan fingerprint density at radius 1 is 1.04 bits per heavy atom. The number of ether oxygens (including phenoxy) is 3. The van der Waals surface area contributed by atoms with Crippen LogP contribution in [0.2, 0.25) is 0 Å². The number of benzene rings is 1. The van der Waals surface area contributed by atoms with Crippen molar-refractivity contribution in [2.75, 3.05) is 26.4 Å². The molecule has 1 rings (SSSR count).